The lowest BCUT2D eigenvalue weighted by atomic mass is 9.88. The number of piperidine rings is 1. The summed E-state index contributed by atoms with van der Waals surface area (Å²) >= 11 is 6.13. The molecule has 3 rings (SSSR count). The van der Waals surface area contributed by atoms with E-state index in [1.165, 1.54) is 5.56 Å². The van der Waals surface area contributed by atoms with Gasteiger partial charge in [0.2, 0.25) is 0 Å². The molecule has 0 bridgehead atoms. The first kappa shape index (κ1) is 23.6. The summed E-state index contributed by atoms with van der Waals surface area (Å²) in [6, 6.07) is 14.4. The molecule has 1 aromatic carbocycles. The van der Waals surface area contributed by atoms with E-state index in [4.69, 9.17) is 16.3 Å². The van der Waals surface area contributed by atoms with Gasteiger partial charge in [-0.25, -0.2) is 4.79 Å². The van der Waals surface area contributed by atoms with Crippen molar-refractivity contribution in [2.24, 2.45) is 5.92 Å². The number of hydrogen-bond donors (Lipinski definition) is 0. The minimum atomic E-state index is -0.462. The fourth-order valence-corrected chi connectivity index (χ4v) is 4.38. The van der Waals surface area contributed by atoms with Gasteiger partial charge in [0, 0.05) is 30.4 Å². The number of benzene rings is 1. The Hall–Kier alpha value is -2.11. The average Bonchev–Trinajstić information content (AvgIpc) is 2.74. The smallest absolute Gasteiger partial charge is 0.410 e. The van der Waals surface area contributed by atoms with Gasteiger partial charge in [0.1, 0.15) is 5.60 Å². The largest absolute Gasteiger partial charge is 0.444 e. The van der Waals surface area contributed by atoms with Crippen LogP contribution >= 0.6 is 11.6 Å². The zero-order valence-electron chi connectivity index (χ0n) is 19.2. The van der Waals surface area contributed by atoms with Crippen LogP contribution in [0.3, 0.4) is 0 Å². The quantitative estimate of drug-likeness (QED) is 0.586. The molecule has 1 amide bonds. The van der Waals surface area contributed by atoms with Crippen molar-refractivity contribution in [3.8, 4) is 0 Å². The minimum Gasteiger partial charge on any atom is -0.444 e. The number of halogens is 1. The number of carbonyl (C=O) groups is 1. The Balaban J connectivity index is 1.71. The summed E-state index contributed by atoms with van der Waals surface area (Å²) in [5.74, 6) is 0.488. The molecule has 1 aromatic heterocycles. The third kappa shape index (κ3) is 6.20. The summed E-state index contributed by atoms with van der Waals surface area (Å²) in [4.78, 5) is 21.3. The van der Waals surface area contributed by atoms with Crippen molar-refractivity contribution in [1.82, 2.24) is 14.8 Å². The van der Waals surface area contributed by atoms with Crippen LogP contribution in [-0.4, -0.2) is 52.7 Å². The van der Waals surface area contributed by atoms with Gasteiger partial charge in [0.15, 0.2) is 0 Å². The molecular formula is C25H34ClN3O2. The number of hydrogen-bond acceptors (Lipinski definition) is 4. The highest BCUT2D eigenvalue weighted by molar-refractivity contribution is 6.30. The van der Waals surface area contributed by atoms with Crippen molar-refractivity contribution in [3.05, 3.63) is 64.9 Å². The molecule has 6 heteroatoms. The third-order valence-corrected chi connectivity index (χ3v) is 6.33. The summed E-state index contributed by atoms with van der Waals surface area (Å²) in [6.07, 6.45) is 3.55. The fraction of sp³-hybridized carbons (Fsp3) is 0.520. The molecule has 0 saturated carbocycles. The second-order valence-corrected chi connectivity index (χ2v) is 9.86. The van der Waals surface area contributed by atoms with E-state index >= 15 is 0 Å². The average molecular weight is 444 g/mol. The Bertz CT molecular complexity index is 843. The molecule has 168 valence electrons. The SMILES string of the molecule is CC(C1CCN(C(=O)OC(C)(C)C)CC1)N(C)C(c1ccc(Cl)cc1)c1ccccn1. The van der Waals surface area contributed by atoms with Crippen LogP contribution in [0.2, 0.25) is 5.02 Å². The van der Waals surface area contributed by atoms with Crippen LogP contribution in [0.1, 0.15) is 57.8 Å². The summed E-state index contributed by atoms with van der Waals surface area (Å²) in [7, 11) is 2.17. The van der Waals surface area contributed by atoms with Crippen LogP contribution in [0.15, 0.2) is 48.7 Å². The lowest BCUT2D eigenvalue weighted by Gasteiger charge is -2.41. The Morgan fingerprint density at radius 2 is 1.81 bits per heavy atom. The number of likely N-dealkylation sites (tertiary alicyclic amines) is 1. The Morgan fingerprint density at radius 1 is 1.16 bits per heavy atom. The van der Waals surface area contributed by atoms with E-state index in [0.29, 0.717) is 12.0 Å². The number of carbonyl (C=O) groups excluding carboxylic acids is 1. The molecule has 1 aliphatic heterocycles. The predicted octanol–water partition coefficient (Wildman–Crippen LogP) is 5.79. The molecule has 2 heterocycles. The van der Waals surface area contributed by atoms with Gasteiger partial charge in [0.25, 0.3) is 0 Å². The number of nitrogens with zero attached hydrogens (tertiary/aromatic N) is 3. The topological polar surface area (TPSA) is 45.7 Å². The zero-order valence-corrected chi connectivity index (χ0v) is 20.0. The van der Waals surface area contributed by atoms with Gasteiger partial charge >= 0.3 is 6.09 Å². The van der Waals surface area contributed by atoms with Gasteiger partial charge in [-0.2, -0.15) is 0 Å². The van der Waals surface area contributed by atoms with Crippen LogP contribution in [0.5, 0.6) is 0 Å². The number of ether oxygens (including phenoxy) is 1. The first-order chi connectivity index (χ1) is 14.7. The molecule has 2 aromatic rings. The third-order valence-electron chi connectivity index (χ3n) is 6.08. The van der Waals surface area contributed by atoms with Gasteiger partial charge in [0.05, 0.1) is 11.7 Å². The molecule has 0 spiro atoms. The lowest BCUT2D eigenvalue weighted by Crippen LogP contribution is -2.46. The van der Waals surface area contributed by atoms with E-state index in [-0.39, 0.29) is 12.1 Å². The molecule has 2 atom stereocenters. The van der Waals surface area contributed by atoms with E-state index in [0.717, 1.165) is 36.6 Å². The highest BCUT2D eigenvalue weighted by atomic mass is 35.5. The Morgan fingerprint density at radius 3 is 2.35 bits per heavy atom. The summed E-state index contributed by atoms with van der Waals surface area (Å²) in [6.45, 7) is 9.45. The molecular weight excluding hydrogens is 410 g/mol. The van der Waals surface area contributed by atoms with Crippen molar-refractivity contribution in [2.45, 2.75) is 58.2 Å². The minimum absolute atomic E-state index is 0.0392. The fourth-order valence-electron chi connectivity index (χ4n) is 4.26. The summed E-state index contributed by atoms with van der Waals surface area (Å²) in [5, 5.41) is 0.730. The normalized spacial score (nSPS) is 17.5. The van der Waals surface area contributed by atoms with Crippen LogP contribution in [0.25, 0.3) is 0 Å². The van der Waals surface area contributed by atoms with E-state index in [9.17, 15) is 4.79 Å². The van der Waals surface area contributed by atoms with Crippen molar-refractivity contribution < 1.29 is 9.53 Å². The predicted molar refractivity (Wildman–Crippen MR) is 125 cm³/mol. The van der Waals surface area contributed by atoms with E-state index in [2.05, 4.69) is 42.1 Å². The van der Waals surface area contributed by atoms with E-state index in [1.807, 2.05) is 56.1 Å². The van der Waals surface area contributed by atoms with Gasteiger partial charge in [-0.3, -0.25) is 9.88 Å². The molecule has 1 aliphatic rings. The van der Waals surface area contributed by atoms with Crippen molar-refractivity contribution >= 4 is 17.7 Å². The van der Waals surface area contributed by atoms with Crippen LogP contribution in [0, 0.1) is 5.92 Å². The second kappa shape index (κ2) is 10.0. The maximum Gasteiger partial charge on any atom is 0.410 e. The monoisotopic (exact) mass is 443 g/mol. The number of amides is 1. The molecule has 5 nitrogen and oxygen atoms in total. The molecule has 0 aliphatic carbocycles. The molecule has 2 unspecified atom stereocenters. The van der Waals surface area contributed by atoms with Crippen LogP contribution in [0.4, 0.5) is 4.79 Å². The van der Waals surface area contributed by atoms with Crippen molar-refractivity contribution in [1.29, 1.82) is 0 Å². The lowest BCUT2D eigenvalue weighted by molar-refractivity contribution is 0.0134. The highest BCUT2D eigenvalue weighted by Crippen LogP contribution is 2.33. The maximum atomic E-state index is 12.4. The van der Waals surface area contributed by atoms with Crippen molar-refractivity contribution in [3.63, 3.8) is 0 Å². The summed E-state index contributed by atoms with van der Waals surface area (Å²) in [5.41, 5.74) is 1.73. The zero-order chi connectivity index (χ0) is 22.6. The van der Waals surface area contributed by atoms with E-state index in [1.54, 1.807) is 0 Å². The van der Waals surface area contributed by atoms with E-state index < -0.39 is 5.60 Å². The van der Waals surface area contributed by atoms with Gasteiger partial charge < -0.3 is 9.64 Å². The number of rotatable bonds is 5. The Kier molecular flexibility index (Phi) is 7.60. The number of aromatic nitrogens is 1. The molecule has 1 fully saturated rings. The molecule has 1 saturated heterocycles. The molecule has 0 N–H and O–H groups in total. The first-order valence-corrected chi connectivity index (χ1v) is 11.4. The maximum absolute atomic E-state index is 12.4. The molecule has 31 heavy (non-hydrogen) atoms. The highest BCUT2D eigenvalue weighted by Gasteiger charge is 2.33. The standard InChI is InChI=1S/C25H34ClN3O2/c1-18(19-13-16-29(17-14-19)24(30)31-25(2,3)4)28(5)23(22-8-6-7-15-27-22)20-9-11-21(26)12-10-20/h6-12,15,18-19,23H,13-14,16-17H2,1-5H3. The van der Waals surface area contributed by atoms with Crippen LogP contribution < -0.4 is 0 Å². The van der Waals surface area contributed by atoms with Gasteiger partial charge in [-0.05, 0) is 83.3 Å². The Labute approximate surface area is 191 Å². The molecule has 0 radical (unpaired) electrons. The second-order valence-electron chi connectivity index (χ2n) is 9.42. The van der Waals surface area contributed by atoms with Crippen LogP contribution in [-0.2, 0) is 4.74 Å². The summed E-state index contributed by atoms with van der Waals surface area (Å²) < 4.78 is 5.54. The van der Waals surface area contributed by atoms with Gasteiger partial charge in [-0.15, -0.1) is 0 Å². The first-order valence-electron chi connectivity index (χ1n) is 11.0. The van der Waals surface area contributed by atoms with Gasteiger partial charge in [-0.1, -0.05) is 29.8 Å². The van der Waals surface area contributed by atoms with Crippen molar-refractivity contribution in [2.75, 3.05) is 20.1 Å². The number of pyridine rings is 1.